The molecule has 0 aromatic heterocycles. The van der Waals surface area contributed by atoms with Gasteiger partial charge in [0.15, 0.2) is 11.5 Å². The summed E-state index contributed by atoms with van der Waals surface area (Å²) in [6, 6.07) is 5.46. The van der Waals surface area contributed by atoms with Gasteiger partial charge >= 0.3 is 5.97 Å². The molecule has 0 N–H and O–H groups in total. The third-order valence-corrected chi connectivity index (χ3v) is 2.21. The minimum absolute atomic E-state index is 0.239. The Hall–Kier alpha value is -1.71. The molecule has 1 aliphatic rings. The molecule has 2 rings (SSSR count). The van der Waals surface area contributed by atoms with Crippen LogP contribution in [0.2, 0.25) is 0 Å². The molecule has 17 heavy (non-hydrogen) atoms. The fraction of sp³-hybridized carbons (Fsp3) is 0.462. The third kappa shape index (κ3) is 3.12. The number of carbonyl (C=O) groups excluding carboxylic acids is 1. The first kappa shape index (κ1) is 11.8. The van der Waals surface area contributed by atoms with Crippen LogP contribution in [-0.2, 0) is 16.0 Å². The molecule has 1 heterocycles. The topological polar surface area (TPSA) is 44.8 Å². The van der Waals surface area contributed by atoms with Gasteiger partial charge in [-0.25, -0.2) is 0 Å². The van der Waals surface area contributed by atoms with E-state index in [0.29, 0.717) is 5.75 Å². The highest BCUT2D eigenvalue weighted by Crippen LogP contribution is 2.32. The summed E-state index contributed by atoms with van der Waals surface area (Å²) in [4.78, 5) is 11.6. The summed E-state index contributed by atoms with van der Waals surface area (Å²) >= 11 is 0. The van der Waals surface area contributed by atoms with Crippen LogP contribution in [0.1, 0.15) is 26.3 Å². The zero-order chi connectivity index (χ0) is 12.5. The monoisotopic (exact) mass is 236 g/mol. The Morgan fingerprint density at radius 2 is 2.00 bits per heavy atom. The standard InChI is InChI=1S/C13H16O4/c1-13(2,3)17-12(14)7-9-4-5-10-11(6-9)16-8-15-10/h4-6H,7-8H2,1-3H3. The highest BCUT2D eigenvalue weighted by molar-refractivity contribution is 5.73. The molecule has 0 radical (unpaired) electrons. The Morgan fingerprint density at radius 3 is 2.71 bits per heavy atom. The van der Waals surface area contributed by atoms with E-state index >= 15 is 0 Å². The van der Waals surface area contributed by atoms with Gasteiger partial charge in [0.25, 0.3) is 0 Å². The quantitative estimate of drug-likeness (QED) is 0.739. The van der Waals surface area contributed by atoms with Crippen molar-refractivity contribution in [2.45, 2.75) is 32.8 Å². The lowest BCUT2D eigenvalue weighted by Gasteiger charge is -2.19. The van der Waals surface area contributed by atoms with Crippen LogP contribution < -0.4 is 9.47 Å². The Morgan fingerprint density at radius 1 is 1.29 bits per heavy atom. The summed E-state index contributed by atoms with van der Waals surface area (Å²) in [5, 5.41) is 0. The van der Waals surface area contributed by atoms with Gasteiger partial charge in [0.2, 0.25) is 6.79 Å². The van der Waals surface area contributed by atoms with Gasteiger partial charge in [-0.2, -0.15) is 0 Å². The number of fused-ring (bicyclic) bond motifs is 1. The van der Waals surface area contributed by atoms with Crippen molar-refractivity contribution >= 4 is 5.97 Å². The molecule has 92 valence electrons. The molecule has 0 fully saturated rings. The molecule has 4 heteroatoms. The molecule has 0 saturated heterocycles. The minimum Gasteiger partial charge on any atom is -0.460 e. The molecule has 0 aliphatic carbocycles. The maximum absolute atomic E-state index is 11.6. The Balaban J connectivity index is 2.02. The zero-order valence-electron chi connectivity index (χ0n) is 10.3. The summed E-state index contributed by atoms with van der Waals surface area (Å²) in [6.07, 6.45) is 0.244. The largest absolute Gasteiger partial charge is 0.460 e. The van der Waals surface area contributed by atoms with Crippen molar-refractivity contribution in [2.75, 3.05) is 6.79 Å². The van der Waals surface area contributed by atoms with Crippen molar-refractivity contribution < 1.29 is 19.0 Å². The number of benzene rings is 1. The molecule has 1 aliphatic heterocycles. The summed E-state index contributed by atoms with van der Waals surface area (Å²) in [5.74, 6) is 1.17. The van der Waals surface area contributed by atoms with Crippen LogP contribution in [0.3, 0.4) is 0 Å². The second-order valence-electron chi connectivity index (χ2n) is 4.95. The number of hydrogen-bond donors (Lipinski definition) is 0. The van der Waals surface area contributed by atoms with E-state index in [2.05, 4.69) is 0 Å². The lowest BCUT2D eigenvalue weighted by molar-refractivity contribution is -0.153. The lowest BCUT2D eigenvalue weighted by atomic mass is 10.1. The van der Waals surface area contributed by atoms with Crippen molar-refractivity contribution in [3.63, 3.8) is 0 Å². The number of carbonyl (C=O) groups is 1. The van der Waals surface area contributed by atoms with E-state index in [0.717, 1.165) is 11.3 Å². The van der Waals surface area contributed by atoms with E-state index < -0.39 is 5.60 Å². The highest BCUT2D eigenvalue weighted by atomic mass is 16.7. The fourth-order valence-corrected chi connectivity index (χ4v) is 1.60. The summed E-state index contributed by atoms with van der Waals surface area (Å²) < 4.78 is 15.7. The SMILES string of the molecule is CC(C)(C)OC(=O)Cc1ccc2c(c1)OCO2. The molecule has 0 unspecified atom stereocenters. The van der Waals surface area contributed by atoms with Crippen molar-refractivity contribution in [2.24, 2.45) is 0 Å². The summed E-state index contributed by atoms with van der Waals surface area (Å²) in [6.45, 7) is 5.80. The summed E-state index contributed by atoms with van der Waals surface area (Å²) in [5.41, 5.74) is 0.413. The molecule has 0 atom stereocenters. The van der Waals surface area contributed by atoms with Gasteiger partial charge in [-0.1, -0.05) is 6.07 Å². The van der Waals surface area contributed by atoms with Gasteiger partial charge < -0.3 is 14.2 Å². The molecule has 0 spiro atoms. The van der Waals surface area contributed by atoms with Crippen LogP contribution in [0.5, 0.6) is 11.5 Å². The lowest BCUT2D eigenvalue weighted by Crippen LogP contribution is -2.24. The minimum atomic E-state index is -0.451. The molecule has 4 nitrogen and oxygen atoms in total. The molecule has 0 saturated carbocycles. The number of ether oxygens (including phenoxy) is 3. The third-order valence-electron chi connectivity index (χ3n) is 2.21. The van der Waals surface area contributed by atoms with Crippen LogP contribution in [-0.4, -0.2) is 18.4 Å². The van der Waals surface area contributed by atoms with Crippen LogP contribution in [0, 0.1) is 0 Å². The molecular formula is C13H16O4. The van der Waals surface area contributed by atoms with E-state index in [4.69, 9.17) is 14.2 Å². The van der Waals surface area contributed by atoms with E-state index in [-0.39, 0.29) is 19.2 Å². The van der Waals surface area contributed by atoms with Gasteiger partial charge in [-0.3, -0.25) is 4.79 Å². The first-order valence-corrected chi connectivity index (χ1v) is 5.54. The fourth-order valence-electron chi connectivity index (χ4n) is 1.60. The molecular weight excluding hydrogens is 220 g/mol. The average molecular weight is 236 g/mol. The van der Waals surface area contributed by atoms with Crippen molar-refractivity contribution in [3.8, 4) is 11.5 Å². The van der Waals surface area contributed by atoms with E-state index in [1.54, 1.807) is 0 Å². The maximum Gasteiger partial charge on any atom is 0.310 e. The predicted molar refractivity (Wildman–Crippen MR) is 62.1 cm³/mol. The van der Waals surface area contributed by atoms with Gasteiger partial charge in [0.1, 0.15) is 5.60 Å². The molecule has 1 aromatic rings. The van der Waals surface area contributed by atoms with Crippen LogP contribution >= 0.6 is 0 Å². The Bertz CT molecular complexity index is 432. The highest BCUT2D eigenvalue weighted by Gasteiger charge is 2.18. The number of hydrogen-bond acceptors (Lipinski definition) is 4. The Labute approximate surface area is 100 Å². The van der Waals surface area contributed by atoms with Gasteiger partial charge in [0, 0.05) is 0 Å². The average Bonchev–Trinajstić information content (AvgIpc) is 2.61. The van der Waals surface area contributed by atoms with Crippen molar-refractivity contribution in [1.82, 2.24) is 0 Å². The maximum atomic E-state index is 11.6. The first-order chi connectivity index (χ1) is 7.94. The first-order valence-electron chi connectivity index (χ1n) is 5.54. The van der Waals surface area contributed by atoms with Crippen molar-refractivity contribution in [3.05, 3.63) is 23.8 Å². The van der Waals surface area contributed by atoms with Crippen LogP contribution in [0.4, 0.5) is 0 Å². The Kier molecular flexibility index (Phi) is 2.96. The van der Waals surface area contributed by atoms with Gasteiger partial charge in [-0.15, -0.1) is 0 Å². The summed E-state index contributed by atoms with van der Waals surface area (Å²) in [7, 11) is 0. The second-order valence-corrected chi connectivity index (χ2v) is 4.95. The normalized spacial score (nSPS) is 13.6. The molecule has 0 amide bonds. The zero-order valence-corrected chi connectivity index (χ0v) is 10.3. The van der Waals surface area contributed by atoms with Crippen LogP contribution in [0.25, 0.3) is 0 Å². The van der Waals surface area contributed by atoms with E-state index in [9.17, 15) is 4.79 Å². The smallest absolute Gasteiger partial charge is 0.310 e. The molecule has 0 bridgehead atoms. The number of esters is 1. The van der Waals surface area contributed by atoms with E-state index in [1.165, 1.54) is 0 Å². The number of rotatable bonds is 2. The predicted octanol–water partition coefficient (Wildman–Crippen LogP) is 2.30. The van der Waals surface area contributed by atoms with Crippen LogP contribution in [0.15, 0.2) is 18.2 Å². The second kappa shape index (κ2) is 4.28. The molecule has 1 aromatic carbocycles. The van der Waals surface area contributed by atoms with Crippen molar-refractivity contribution in [1.29, 1.82) is 0 Å². The van der Waals surface area contributed by atoms with Gasteiger partial charge in [-0.05, 0) is 38.5 Å². The van der Waals surface area contributed by atoms with Gasteiger partial charge in [0.05, 0.1) is 6.42 Å². The van der Waals surface area contributed by atoms with E-state index in [1.807, 2.05) is 39.0 Å².